The van der Waals surface area contributed by atoms with Crippen LogP contribution in [-0.2, 0) is 9.59 Å². The molecule has 0 aliphatic heterocycles. The first-order valence-electron chi connectivity index (χ1n) is 8.29. The Morgan fingerprint density at radius 2 is 1.72 bits per heavy atom. The van der Waals surface area contributed by atoms with E-state index in [-0.39, 0.29) is 18.2 Å². The number of carbonyl (C=O) groups is 2. The fourth-order valence-electron chi connectivity index (χ4n) is 2.38. The smallest absolute Gasteiger partial charge is 0.226 e. The van der Waals surface area contributed by atoms with E-state index in [0.717, 1.165) is 13.0 Å². The van der Waals surface area contributed by atoms with Crippen molar-refractivity contribution >= 4 is 17.5 Å². The summed E-state index contributed by atoms with van der Waals surface area (Å²) in [4.78, 5) is 27.6. The lowest BCUT2D eigenvalue weighted by Crippen LogP contribution is -2.34. The van der Waals surface area contributed by atoms with Gasteiger partial charge in [-0.15, -0.1) is 0 Å². The third-order valence-corrected chi connectivity index (χ3v) is 3.75. The molecule has 0 saturated carbocycles. The third kappa shape index (κ3) is 7.43. The van der Waals surface area contributed by atoms with Gasteiger partial charge in [0.15, 0.2) is 11.5 Å². The monoisotopic (exact) mass is 351 g/mol. The Morgan fingerprint density at radius 3 is 2.28 bits per heavy atom. The first-order valence-corrected chi connectivity index (χ1v) is 8.29. The fourth-order valence-corrected chi connectivity index (χ4v) is 2.38. The Labute approximate surface area is 149 Å². The highest BCUT2D eigenvalue weighted by molar-refractivity contribution is 5.91. The van der Waals surface area contributed by atoms with Gasteiger partial charge in [-0.3, -0.25) is 9.59 Å². The van der Waals surface area contributed by atoms with E-state index in [1.165, 1.54) is 6.92 Å². The minimum Gasteiger partial charge on any atom is -0.493 e. The van der Waals surface area contributed by atoms with E-state index in [1.807, 2.05) is 14.1 Å². The lowest BCUT2D eigenvalue weighted by molar-refractivity contribution is -0.129. The van der Waals surface area contributed by atoms with Gasteiger partial charge in [-0.1, -0.05) is 0 Å². The molecule has 25 heavy (non-hydrogen) atoms. The predicted octanol–water partition coefficient (Wildman–Crippen LogP) is 1.83. The fraction of sp³-hybridized carbons (Fsp3) is 0.556. The van der Waals surface area contributed by atoms with Crippen molar-refractivity contribution in [1.82, 2.24) is 9.80 Å². The number of carbonyl (C=O) groups excluding carboxylic acids is 2. The maximum absolute atomic E-state index is 12.1. The minimum atomic E-state index is -0.147. The molecule has 0 heterocycles. The molecule has 0 aromatic heterocycles. The van der Waals surface area contributed by atoms with Crippen LogP contribution < -0.4 is 14.8 Å². The summed E-state index contributed by atoms with van der Waals surface area (Å²) < 4.78 is 10.4. The van der Waals surface area contributed by atoms with Crippen LogP contribution in [0.5, 0.6) is 11.5 Å². The van der Waals surface area contributed by atoms with E-state index in [9.17, 15) is 9.59 Å². The predicted molar refractivity (Wildman–Crippen MR) is 98.2 cm³/mol. The molecule has 1 aromatic rings. The Morgan fingerprint density at radius 1 is 1.04 bits per heavy atom. The Bertz CT molecular complexity index is 575. The zero-order chi connectivity index (χ0) is 18.8. The molecule has 1 aromatic carbocycles. The van der Waals surface area contributed by atoms with Crippen LogP contribution in [0.3, 0.4) is 0 Å². The van der Waals surface area contributed by atoms with Gasteiger partial charge < -0.3 is 24.6 Å². The molecule has 0 aliphatic rings. The van der Waals surface area contributed by atoms with Crippen molar-refractivity contribution in [1.29, 1.82) is 0 Å². The van der Waals surface area contributed by atoms with Crippen molar-refractivity contribution in [2.75, 3.05) is 53.3 Å². The molecule has 0 bridgehead atoms. The maximum atomic E-state index is 12.1. The van der Waals surface area contributed by atoms with Crippen LogP contribution in [0.2, 0.25) is 0 Å². The normalized spacial score (nSPS) is 10.5. The minimum absolute atomic E-state index is 0.0160. The van der Waals surface area contributed by atoms with Crippen molar-refractivity contribution in [2.45, 2.75) is 19.8 Å². The van der Waals surface area contributed by atoms with Crippen LogP contribution in [-0.4, -0.2) is 69.6 Å². The lowest BCUT2D eigenvalue weighted by atomic mass is 10.2. The van der Waals surface area contributed by atoms with Crippen LogP contribution in [0.25, 0.3) is 0 Å². The molecular formula is C18H29N3O4. The molecule has 1 N–H and O–H groups in total. The third-order valence-electron chi connectivity index (χ3n) is 3.75. The molecule has 7 heteroatoms. The summed E-state index contributed by atoms with van der Waals surface area (Å²) in [6.07, 6.45) is 1.12. The standard InChI is InChI=1S/C18H29N3O4/c1-14(22)21(11-6-10-20(2)3)12-9-18(23)19-15-7-8-16(24-4)17(13-15)25-5/h7-8,13H,6,9-12H2,1-5H3,(H,19,23). The van der Waals surface area contributed by atoms with Gasteiger partial charge >= 0.3 is 0 Å². The Hall–Kier alpha value is -2.28. The average molecular weight is 351 g/mol. The van der Waals surface area contributed by atoms with Crippen LogP contribution in [0.15, 0.2) is 18.2 Å². The van der Waals surface area contributed by atoms with Gasteiger partial charge in [0.25, 0.3) is 0 Å². The van der Waals surface area contributed by atoms with Crippen LogP contribution >= 0.6 is 0 Å². The first-order chi connectivity index (χ1) is 11.9. The SMILES string of the molecule is COc1ccc(NC(=O)CCN(CCCN(C)C)C(C)=O)cc1OC. The molecule has 0 fully saturated rings. The van der Waals surface area contributed by atoms with Gasteiger partial charge in [-0.25, -0.2) is 0 Å². The number of ether oxygens (including phenoxy) is 2. The van der Waals surface area contributed by atoms with Gasteiger partial charge in [-0.2, -0.15) is 0 Å². The summed E-state index contributed by atoms with van der Waals surface area (Å²) >= 11 is 0. The highest BCUT2D eigenvalue weighted by Gasteiger charge is 2.12. The number of amides is 2. The van der Waals surface area contributed by atoms with E-state index < -0.39 is 0 Å². The van der Waals surface area contributed by atoms with Gasteiger partial charge in [0.2, 0.25) is 11.8 Å². The summed E-state index contributed by atoms with van der Waals surface area (Å²) in [6, 6.07) is 5.19. The van der Waals surface area contributed by atoms with Crippen molar-refractivity contribution in [3.63, 3.8) is 0 Å². The van der Waals surface area contributed by atoms with Crippen molar-refractivity contribution in [3.8, 4) is 11.5 Å². The number of hydrogen-bond donors (Lipinski definition) is 1. The molecule has 0 saturated heterocycles. The van der Waals surface area contributed by atoms with Gasteiger partial charge in [-0.05, 0) is 39.2 Å². The van der Waals surface area contributed by atoms with Crippen molar-refractivity contribution in [2.24, 2.45) is 0 Å². The summed E-state index contributed by atoms with van der Waals surface area (Å²) in [5.41, 5.74) is 0.629. The maximum Gasteiger partial charge on any atom is 0.226 e. The molecule has 1 rings (SSSR count). The number of anilines is 1. The largest absolute Gasteiger partial charge is 0.493 e. The quantitative estimate of drug-likeness (QED) is 0.696. The van der Waals surface area contributed by atoms with E-state index in [0.29, 0.717) is 30.3 Å². The molecule has 2 amide bonds. The Balaban J connectivity index is 2.53. The topological polar surface area (TPSA) is 71.1 Å². The Kier molecular flexibility index (Phi) is 8.77. The molecule has 0 spiro atoms. The highest BCUT2D eigenvalue weighted by Crippen LogP contribution is 2.29. The van der Waals surface area contributed by atoms with E-state index in [4.69, 9.17) is 9.47 Å². The molecule has 0 aliphatic carbocycles. The molecule has 0 unspecified atom stereocenters. The van der Waals surface area contributed by atoms with Crippen molar-refractivity contribution < 1.29 is 19.1 Å². The zero-order valence-corrected chi connectivity index (χ0v) is 15.8. The van der Waals surface area contributed by atoms with E-state index >= 15 is 0 Å². The second-order valence-electron chi connectivity index (χ2n) is 6.03. The summed E-state index contributed by atoms with van der Waals surface area (Å²) in [6.45, 7) is 3.49. The number of nitrogens with one attached hydrogen (secondary N) is 1. The second-order valence-corrected chi connectivity index (χ2v) is 6.03. The van der Waals surface area contributed by atoms with Crippen LogP contribution in [0.4, 0.5) is 5.69 Å². The summed E-state index contributed by atoms with van der Waals surface area (Å²) in [5, 5.41) is 2.82. The van der Waals surface area contributed by atoms with Gasteiger partial charge in [0.05, 0.1) is 14.2 Å². The summed E-state index contributed by atoms with van der Waals surface area (Å²) in [5.74, 6) is 0.988. The second kappa shape index (κ2) is 10.6. The molecule has 0 atom stereocenters. The molecule has 0 radical (unpaired) electrons. The van der Waals surface area contributed by atoms with Gasteiger partial charge in [0, 0.05) is 38.2 Å². The number of rotatable bonds is 10. The van der Waals surface area contributed by atoms with Crippen LogP contribution in [0, 0.1) is 0 Å². The molecule has 7 nitrogen and oxygen atoms in total. The van der Waals surface area contributed by atoms with Crippen LogP contribution in [0.1, 0.15) is 19.8 Å². The number of nitrogens with zero attached hydrogens (tertiary/aromatic N) is 2. The highest BCUT2D eigenvalue weighted by atomic mass is 16.5. The molecular weight excluding hydrogens is 322 g/mol. The van der Waals surface area contributed by atoms with Crippen molar-refractivity contribution in [3.05, 3.63) is 18.2 Å². The lowest BCUT2D eigenvalue weighted by Gasteiger charge is -2.21. The molecule has 140 valence electrons. The summed E-state index contributed by atoms with van der Waals surface area (Å²) in [7, 11) is 7.09. The number of benzene rings is 1. The zero-order valence-electron chi connectivity index (χ0n) is 15.8. The van der Waals surface area contributed by atoms with E-state index in [1.54, 1.807) is 37.3 Å². The number of methoxy groups -OCH3 is 2. The number of hydrogen-bond acceptors (Lipinski definition) is 5. The first kappa shape index (κ1) is 20.8. The van der Waals surface area contributed by atoms with Gasteiger partial charge in [0.1, 0.15) is 0 Å². The average Bonchev–Trinajstić information content (AvgIpc) is 2.57. The van der Waals surface area contributed by atoms with E-state index in [2.05, 4.69) is 10.2 Å².